The van der Waals surface area contributed by atoms with Gasteiger partial charge in [-0.25, -0.2) is 0 Å². The average molecular weight is 306 g/mol. The van der Waals surface area contributed by atoms with E-state index in [2.05, 4.69) is 11.8 Å². The van der Waals surface area contributed by atoms with E-state index in [1.165, 1.54) is 4.90 Å². The molecule has 1 N–H and O–H groups in total. The molecule has 0 bridgehead atoms. The number of allylic oxidation sites excluding steroid dienone is 2. The minimum absolute atomic E-state index is 0.0920. The highest BCUT2D eigenvalue weighted by Gasteiger charge is 2.47. The first-order valence-electron chi connectivity index (χ1n) is 8.47. The van der Waals surface area contributed by atoms with Gasteiger partial charge in [-0.1, -0.05) is 19.1 Å². The molecule has 2 aliphatic heterocycles. The van der Waals surface area contributed by atoms with Crippen LogP contribution < -0.4 is 0 Å². The van der Waals surface area contributed by atoms with Crippen LogP contribution in [0, 0.1) is 17.8 Å². The van der Waals surface area contributed by atoms with Crippen molar-refractivity contribution in [2.75, 3.05) is 26.2 Å². The van der Waals surface area contributed by atoms with Gasteiger partial charge in [-0.15, -0.1) is 0 Å². The molecule has 2 fully saturated rings. The summed E-state index contributed by atoms with van der Waals surface area (Å²) in [4.78, 5) is 28.3. The molecule has 0 aromatic carbocycles. The molecule has 0 saturated carbocycles. The van der Waals surface area contributed by atoms with Crippen molar-refractivity contribution in [2.45, 2.75) is 38.7 Å². The standard InChI is InChI=1S/C17H26N2O3/c1-12-6-8-18(9-7-12)10-13(20)11-19-16(21)14-4-2-3-5-15(14)17(19)22/h2-3,12-15,20H,4-11H2,1H3/t13-,14-,15-/m0/s1. The summed E-state index contributed by atoms with van der Waals surface area (Å²) in [6.45, 7) is 4.95. The monoisotopic (exact) mass is 306 g/mol. The molecule has 5 nitrogen and oxygen atoms in total. The van der Waals surface area contributed by atoms with E-state index in [9.17, 15) is 14.7 Å². The van der Waals surface area contributed by atoms with Crippen molar-refractivity contribution in [1.29, 1.82) is 0 Å². The maximum Gasteiger partial charge on any atom is 0.233 e. The Hall–Kier alpha value is -1.20. The van der Waals surface area contributed by atoms with E-state index in [-0.39, 0.29) is 30.2 Å². The fourth-order valence-corrected chi connectivity index (χ4v) is 3.86. The van der Waals surface area contributed by atoms with Gasteiger partial charge in [0.15, 0.2) is 0 Å². The number of rotatable bonds is 4. The van der Waals surface area contributed by atoms with E-state index in [1.807, 2.05) is 12.2 Å². The quantitative estimate of drug-likeness (QED) is 0.622. The SMILES string of the molecule is CC1CCN(C[C@H](O)CN2C(=O)[C@H]3CC=CC[C@@H]3C2=O)CC1. The molecule has 0 radical (unpaired) electrons. The molecule has 3 atom stereocenters. The summed E-state index contributed by atoms with van der Waals surface area (Å²) in [6, 6.07) is 0. The van der Waals surface area contributed by atoms with Crippen molar-refractivity contribution < 1.29 is 14.7 Å². The molecule has 1 aliphatic carbocycles. The van der Waals surface area contributed by atoms with Crippen LogP contribution in [0.4, 0.5) is 0 Å². The zero-order chi connectivity index (χ0) is 15.7. The Bertz CT molecular complexity index is 443. The van der Waals surface area contributed by atoms with Crippen molar-refractivity contribution >= 4 is 11.8 Å². The predicted octanol–water partition coefficient (Wildman–Crippen LogP) is 1.03. The number of aliphatic hydroxyl groups is 1. The highest BCUT2D eigenvalue weighted by atomic mass is 16.3. The largest absolute Gasteiger partial charge is 0.390 e. The van der Waals surface area contributed by atoms with Crippen molar-refractivity contribution in [1.82, 2.24) is 9.80 Å². The van der Waals surface area contributed by atoms with E-state index in [4.69, 9.17) is 0 Å². The summed E-state index contributed by atoms with van der Waals surface area (Å²) in [5, 5.41) is 10.3. The van der Waals surface area contributed by atoms with Crippen LogP contribution >= 0.6 is 0 Å². The molecule has 3 rings (SSSR count). The van der Waals surface area contributed by atoms with Crippen LogP contribution in [-0.2, 0) is 9.59 Å². The van der Waals surface area contributed by atoms with Crippen molar-refractivity contribution in [2.24, 2.45) is 17.8 Å². The molecule has 3 aliphatic rings. The number of nitrogens with zero attached hydrogens (tertiary/aromatic N) is 2. The lowest BCUT2D eigenvalue weighted by atomic mass is 9.85. The van der Waals surface area contributed by atoms with Crippen LogP contribution in [0.5, 0.6) is 0 Å². The Labute approximate surface area is 132 Å². The van der Waals surface area contributed by atoms with Gasteiger partial charge in [0.05, 0.1) is 24.5 Å². The zero-order valence-electron chi connectivity index (χ0n) is 13.3. The second kappa shape index (κ2) is 6.50. The van der Waals surface area contributed by atoms with Crippen molar-refractivity contribution in [3.05, 3.63) is 12.2 Å². The fourth-order valence-electron chi connectivity index (χ4n) is 3.86. The number of likely N-dealkylation sites (tertiary alicyclic amines) is 2. The maximum atomic E-state index is 12.4. The summed E-state index contributed by atoms with van der Waals surface area (Å²) in [5.41, 5.74) is 0. The van der Waals surface area contributed by atoms with Gasteiger partial charge in [-0.2, -0.15) is 0 Å². The number of carbonyl (C=O) groups is 2. The average Bonchev–Trinajstić information content (AvgIpc) is 2.75. The summed E-state index contributed by atoms with van der Waals surface area (Å²) in [6.07, 6.45) is 6.96. The normalized spacial score (nSPS) is 31.6. The third-order valence-corrected chi connectivity index (χ3v) is 5.34. The van der Waals surface area contributed by atoms with Crippen molar-refractivity contribution in [3.8, 4) is 0 Å². The highest BCUT2D eigenvalue weighted by Crippen LogP contribution is 2.35. The van der Waals surface area contributed by atoms with E-state index in [1.54, 1.807) is 0 Å². The molecule has 0 spiro atoms. The van der Waals surface area contributed by atoms with E-state index >= 15 is 0 Å². The molecule has 2 amide bonds. The summed E-state index contributed by atoms with van der Waals surface area (Å²) in [7, 11) is 0. The number of hydrogen-bond donors (Lipinski definition) is 1. The van der Waals surface area contributed by atoms with Gasteiger partial charge in [-0.05, 0) is 44.7 Å². The Kier molecular flexibility index (Phi) is 4.64. The van der Waals surface area contributed by atoms with Gasteiger partial charge in [-0.3, -0.25) is 14.5 Å². The number of carbonyl (C=O) groups excluding carboxylic acids is 2. The second-order valence-corrected chi connectivity index (χ2v) is 7.08. The Balaban J connectivity index is 1.54. The van der Waals surface area contributed by atoms with Gasteiger partial charge in [0.25, 0.3) is 0 Å². The first kappa shape index (κ1) is 15.7. The smallest absolute Gasteiger partial charge is 0.233 e. The van der Waals surface area contributed by atoms with E-state index in [0.717, 1.165) is 31.8 Å². The van der Waals surface area contributed by atoms with Crippen LogP contribution in [0.25, 0.3) is 0 Å². The topological polar surface area (TPSA) is 60.9 Å². The Morgan fingerprint density at radius 2 is 1.64 bits per heavy atom. The minimum Gasteiger partial charge on any atom is -0.390 e. The first-order valence-corrected chi connectivity index (χ1v) is 8.47. The van der Waals surface area contributed by atoms with Crippen LogP contribution in [0.1, 0.15) is 32.6 Å². The second-order valence-electron chi connectivity index (χ2n) is 7.08. The van der Waals surface area contributed by atoms with Crippen LogP contribution in [0.2, 0.25) is 0 Å². The molecule has 2 saturated heterocycles. The van der Waals surface area contributed by atoms with Gasteiger partial charge in [0, 0.05) is 6.54 Å². The summed E-state index contributed by atoms with van der Waals surface area (Å²) in [5.74, 6) is 0.183. The molecule has 0 aromatic heterocycles. The van der Waals surface area contributed by atoms with Crippen LogP contribution in [-0.4, -0.2) is 59.0 Å². The van der Waals surface area contributed by atoms with Gasteiger partial charge in [0.2, 0.25) is 11.8 Å². The Morgan fingerprint density at radius 3 is 2.18 bits per heavy atom. The lowest BCUT2D eigenvalue weighted by Gasteiger charge is -2.32. The number of piperidine rings is 1. The van der Waals surface area contributed by atoms with E-state index in [0.29, 0.717) is 19.4 Å². The molecule has 0 unspecified atom stereocenters. The van der Waals surface area contributed by atoms with Gasteiger partial charge in [0.1, 0.15) is 0 Å². The van der Waals surface area contributed by atoms with Gasteiger partial charge >= 0.3 is 0 Å². The third kappa shape index (κ3) is 3.10. The molecule has 0 aromatic rings. The fraction of sp³-hybridized carbons (Fsp3) is 0.765. The van der Waals surface area contributed by atoms with Crippen molar-refractivity contribution in [3.63, 3.8) is 0 Å². The summed E-state index contributed by atoms with van der Waals surface area (Å²) < 4.78 is 0. The van der Waals surface area contributed by atoms with Gasteiger partial charge < -0.3 is 10.0 Å². The Morgan fingerprint density at radius 1 is 1.09 bits per heavy atom. The molecule has 5 heteroatoms. The minimum atomic E-state index is -0.644. The predicted molar refractivity (Wildman–Crippen MR) is 82.9 cm³/mol. The number of fused-ring (bicyclic) bond motifs is 1. The lowest BCUT2D eigenvalue weighted by molar-refractivity contribution is -0.141. The molecule has 2 heterocycles. The molecule has 22 heavy (non-hydrogen) atoms. The molecular weight excluding hydrogens is 280 g/mol. The lowest BCUT2D eigenvalue weighted by Crippen LogP contribution is -2.45. The maximum absolute atomic E-state index is 12.4. The molecule has 122 valence electrons. The van der Waals surface area contributed by atoms with Crippen LogP contribution in [0.3, 0.4) is 0 Å². The zero-order valence-corrected chi connectivity index (χ0v) is 13.3. The highest BCUT2D eigenvalue weighted by molar-refractivity contribution is 6.05. The van der Waals surface area contributed by atoms with Crippen LogP contribution in [0.15, 0.2) is 12.2 Å². The summed E-state index contributed by atoms with van der Waals surface area (Å²) >= 11 is 0. The number of imide groups is 1. The first-order chi connectivity index (χ1) is 10.6. The number of β-amino-alcohol motifs (C(OH)–C–C–N with tert-alkyl or cyclic N) is 1. The number of aliphatic hydroxyl groups excluding tert-OH is 1. The third-order valence-electron chi connectivity index (χ3n) is 5.34. The number of amides is 2. The molecular formula is C17H26N2O3. The number of hydrogen-bond acceptors (Lipinski definition) is 4. The van der Waals surface area contributed by atoms with E-state index < -0.39 is 6.10 Å².